The van der Waals surface area contributed by atoms with Crippen LogP contribution in [0.25, 0.3) is 0 Å². The van der Waals surface area contributed by atoms with E-state index < -0.39 is 24.3 Å². The van der Waals surface area contributed by atoms with Gasteiger partial charge in [0.2, 0.25) is 0 Å². The molecule has 1 aliphatic heterocycles. The number of rotatable bonds is 9. The van der Waals surface area contributed by atoms with Gasteiger partial charge in [-0.25, -0.2) is 0 Å². The smallest absolute Gasteiger partial charge is 0.481 e. The summed E-state index contributed by atoms with van der Waals surface area (Å²) in [6, 6.07) is 3.60. The molecule has 1 aromatic rings. The first-order valence-electron chi connectivity index (χ1n) is 9.09. The van der Waals surface area contributed by atoms with Crippen molar-refractivity contribution in [3.63, 3.8) is 0 Å². The number of carboxylic acids is 1. The predicted octanol–water partition coefficient (Wildman–Crippen LogP) is 3.42. The lowest BCUT2D eigenvalue weighted by Gasteiger charge is -2.32. The van der Waals surface area contributed by atoms with Crippen LogP contribution in [0.15, 0.2) is 12.1 Å². The number of unbranched alkanes of at least 4 members (excludes halogenated alkanes) is 1. The van der Waals surface area contributed by atoms with Crippen molar-refractivity contribution in [1.29, 1.82) is 0 Å². The summed E-state index contributed by atoms with van der Waals surface area (Å²) in [6.45, 7) is 8.08. The fourth-order valence-corrected chi connectivity index (χ4v) is 3.18. The molecule has 0 aliphatic carbocycles. The zero-order chi connectivity index (χ0) is 20.2. The average Bonchev–Trinajstić information content (AvgIpc) is 2.78. The molecule has 0 radical (unpaired) electrons. The van der Waals surface area contributed by atoms with Crippen molar-refractivity contribution in [2.75, 3.05) is 13.9 Å². The minimum Gasteiger partial charge on any atom is -0.481 e. The number of ether oxygens (including phenoxy) is 2. The Bertz CT molecular complexity index is 660. The van der Waals surface area contributed by atoms with Crippen LogP contribution in [0.3, 0.4) is 0 Å². The molecule has 1 fully saturated rings. The zero-order valence-corrected chi connectivity index (χ0v) is 17.4. The maximum Gasteiger partial charge on any atom is 0.495 e. The highest BCUT2D eigenvalue weighted by Crippen LogP contribution is 2.37. The topological polar surface area (TPSA) is 74.2 Å². The normalized spacial score (nSPS) is 17.9. The van der Waals surface area contributed by atoms with Crippen LogP contribution in [0.2, 0.25) is 5.02 Å². The SMILES string of the molecule is COCOc1cc(Cl)c(CCCCC(=O)O)c(B2OC(C)(C)C(C)(C)O2)c1. The van der Waals surface area contributed by atoms with E-state index >= 15 is 0 Å². The molecule has 1 aliphatic rings. The quantitative estimate of drug-likeness (QED) is 0.390. The third-order valence-corrected chi connectivity index (χ3v) is 5.46. The second-order valence-corrected chi connectivity index (χ2v) is 8.12. The van der Waals surface area contributed by atoms with Gasteiger partial charge in [0, 0.05) is 18.6 Å². The lowest BCUT2D eigenvalue weighted by atomic mass is 9.74. The standard InChI is InChI=1S/C19H28BClO6/c1-18(2)19(3,4)27-20(26-18)15-10-13(25-12-24-5)11-16(21)14(15)8-6-7-9-17(22)23/h10-11H,6-9,12H2,1-5H3,(H,22,23). The van der Waals surface area contributed by atoms with Crippen LogP contribution >= 0.6 is 11.6 Å². The van der Waals surface area contributed by atoms with Crippen LogP contribution in [-0.2, 0) is 25.3 Å². The largest absolute Gasteiger partial charge is 0.495 e. The van der Waals surface area contributed by atoms with E-state index in [1.165, 1.54) is 0 Å². The van der Waals surface area contributed by atoms with Crippen molar-refractivity contribution >= 4 is 30.2 Å². The molecule has 1 heterocycles. The molecule has 0 amide bonds. The van der Waals surface area contributed by atoms with Gasteiger partial charge in [0.1, 0.15) is 5.75 Å². The predicted molar refractivity (Wildman–Crippen MR) is 105 cm³/mol. The molecule has 1 saturated heterocycles. The molecule has 0 aromatic heterocycles. The van der Waals surface area contributed by atoms with Crippen molar-refractivity contribution in [2.24, 2.45) is 0 Å². The Balaban J connectivity index is 2.30. The highest BCUT2D eigenvalue weighted by molar-refractivity contribution is 6.63. The van der Waals surface area contributed by atoms with E-state index in [1.54, 1.807) is 13.2 Å². The minimum atomic E-state index is -0.796. The van der Waals surface area contributed by atoms with Crippen molar-refractivity contribution < 1.29 is 28.7 Å². The molecule has 0 saturated carbocycles. The van der Waals surface area contributed by atoms with E-state index in [-0.39, 0.29) is 13.2 Å². The monoisotopic (exact) mass is 398 g/mol. The molecule has 150 valence electrons. The second-order valence-electron chi connectivity index (χ2n) is 7.71. The molecule has 1 aromatic carbocycles. The average molecular weight is 399 g/mol. The Labute approximate surface area is 166 Å². The lowest BCUT2D eigenvalue weighted by Crippen LogP contribution is -2.41. The number of benzene rings is 1. The van der Waals surface area contributed by atoms with Gasteiger partial charge in [-0.05, 0) is 70.1 Å². The number of carboxylic acid groups (broad SMARTS) is 1. The Hall–Kier alpha value is -1.28. The minimum absolute atomic E-state index is 0.108. The molecule has 27 heavy (non-hydrogen) atoms. The van der Waals surface area contributed by atoms with Crippen molar-refractivity contribution in [2.45, 2.75) is 64.6 Å². The lowest BCUT2D eigenvalue weighted by molar-refractivity contribution is -0.137. The van der Waals surface area contributed by atoms with Gasteiger partial charge in [-0.2, -0.15) is 0 Å². The van der Waals surface area contributed by atoms with Crippen LogP contribution in [0.5, 0.6) is 5.75 Å². The Morgan fingerprint density at radius 1 is 1.19 bits per heavy atom. The van der Waals surface area contributed by atoms with Crippen LogP contribution in [0.1, 0.15) is 52.5 Å². The van der Waals surface area contributed by atoms with Crippen LogP contribution < -0.4 is 10.2 Å². The van der Waals surface area contributed by atoms with Crippen LogP contribution in [0.4, 0.5) is 0 Å². The molecule has 1 N–H and O–H groups in total. The molecule has 0 bridgehead atoms. The van der Waals surface area contributed by atoms with Crippen molar-refractivity contribution in [3.05, 3.63) is 22.7 Å². The second kappa shape index (κ2) is 8.82. The fourth-order valence-electron chi connectivity index (χ4n) is 2.86. The molecular weight excluding hydrogens is 370 g/mol. The molecule has 0 spiro atoms. The summed E-state index contributed by atoms with van der Waals surface area (Å²) in [7, 11) is 0.973. The van der Waals surface area contributed by atoms with Gasteiger partial charge in [-0.15, -0.1) is 0 Å². The molecular formula is C19H28BClO6. The molecule has 0 atom stereocenters. The van der Waals surface area contributed by atoms with Gasteiger partial charge < -0.3 is 23.9 Å². The number of methoxy groups -OCH3 is 1. The first kappa shape index (κ1) is 22.0. The van der Waals surface area contributed by atoms with Gasteiger partial charge in [-0.3, -0.25) is 4.79 Å². The summed E-state index contributed by atoms with van der Waals surface area (Å²) in [4.78, 5) is 10.7. The highest BCUT2D eigenvalue weighted by Gasteiger charge is 2.52. The Morgan fingerprint density at radius 2 is 1.81 bits per heavy atom. The van der Waals surface area contributed by atoms with Gasteiger partial charge in [0.25, 0.3) is 0 Å². The fraction of sp³-hybridized carbons (Fsp3) is 0.632. The first-order valence-corrected chi connectivity index (χ1v) is 9.46. The first-order chi connectivity index (χ1) is 12.6. The third kappa shape index (κ3) is 5.38. The van der Waals surface area contributed by atoms with E-state index in [0.717, 1.165) is 11.0 Å². The van der Waals surface area contributed by atoms with E-state index in [0.29, 0.717) is 30.0 Å². The highest BCUT2D eigenvalue weighted by atomic mass is 35.5. The van der Waals surface area contributed by atoms with Crippen LogP contribution in [0, 0.1) is 0 Å². The molecule has 2 rings (SSSR count). The van der Waals surface area contributed by atoms with Crippen molar-refractivity contribution in [1.82, 2.24) is 0 Å². The summed E-state index contributed by atoms with van der Waals surface area (Å²) in [6.07, 6.45) is 2.06. The van der Waals surface area contributed by atoms with E-state index in [9.17, 15) is 4.79 Å². The maximum atomic E-state index is 10.7. The van der Waals surface area contributed by atoms with Gasteiger partial charge in [0.15, 0.2) is 6.79 Å². The third-order valence-electron chi connectivity index (χ3n) is 5.12. The summed E-state index contributed by atoms with van der Waals surface area (Å²) in [5.74, 6) is -0.226. The van der Waals surface area contributed by atoms with Crippen LogP contribution in [-0.4, -0.2) is 43.3 Å². The molecule has 0 unspecified atom stereocenters. The van der Waals surface area contributed by atoms with Gasteiger partial charge in [-0.1, -0.05) is 11.6 Å². The van der Waals surface area contributed by atoms with E-state index in [2.05, 4.69) is 0 Å². The molecule has 8 heteroatoms. The summed E-state index contributed by atoms with van der Waals surface area (Å²) >= 11 is 6.53. The summed E-state index contributed by atoms with van der Waals surface area (Å²) in [5.41, 5.74) is 0.746. The number of halogens is 1. The van der Waals surface area contributed by atoms with Gasteiger partial charge >= 0.3 is 13.1 Å². The van der Waals surface area contributed by atoms with Gasteiger partial charge in [0.05, 0.1) is 11.2 Å². The zero-order valence-electron chi connectivity index (χ0n) is 16.6. The number of aliphatic carboxylic acids is 1. The Morgan fingerprint density at radius 3 is 2.37 bits per heavy atom. The Kier molecular flexibility index (Phi) is 7.19. The number of hydrogen-bond donors (Lipinski definition) is 1. The summed E-state index contributed by atoms with van der Waals surface area (Å²) in [5, 5.41) is 9.38. The molecule has 6 nitrogen and oxygen atoms in total. The number of carbonyl (C=O) groups is 1. The number of hydrogen-bond acceptors (Lipinski definition) is 5. The summed E-state index contributed by atoms with van der Waals surface area (Å²) < 4.78 is 22.9. The van der Waals surface area contributed by atoms with Crippen molar-refractivity contribution in [3.8, 4) is 5.75 Å². The van der Waals surface area contributed by atoms with E-state index in [1.807, 2.05) is 33.8 Å². The maximum absolute atomic E-state index is 10.7. The van der Waals surface area contributed by atoms with E-state index in [4.69, 9.17) is 35.5 Å².